The molecular formula is C24H32N8O3. The Bertz CT molecular complexity index is 1160. The summed E-state index contributed by atoms with van der Waals surface area (Å²) in [6.45, 7) is 1.44. The van der Waals surface area contributed by atoms with Crippen LogP contribution in [0, 0.1) is 10.1 Å². The van der Waals surface area contributed by atoms with E-state index in [9.17, 15) is 10.1 Å². The normalized spacial score (nSPS) is 21.5. The van der Waals surface area contributed by atoms with Crippen LogP contribution < -0.4 is 20.9 Å². The highest BCUT2D eigenvalue weighted by atomic mass is 16.6. The number of nitro groups is 1. The second-order valence-electron chi connectivity index (χ2n) is 8.99. The number of fused-ring (bicyclic) bond motifs is 1. The molecule has 186 valence electrons. The highest BCUT2D eigenvalue weighted by Crippen LogP contribution is 2.38. The third-order valence-corrected chi connectivity index (χ3v) is 6.51. The molecule has 3 heterocycles. The number of rotatable bonds is 9. The van der Waals surface area contributed by atoms with Crippen LogP contribution in [0.2, 0.25) is 0 Å². The second kappa shape index (κ2) is 9.88. The fourth-order valence-corrected chi connectivity index (χ4v) is 4.61. The van der Waals surface area contributed by atoms with Crippen molar-refractivity contribution in [3.63, 3.8) is 0 Å². The average Bonchev–Trinajstić information content (AvgIpc) is 3.19. The predicted molar refractivity (Wildman–Crippen MR) is 134 cm³/mol. The van der Waals surface area contributed by atoms with Crippen molar-refractivity contribution in [2.24, 2.45) is 0 Å². The number of aromatic nitrogens is 2. The first-order valence-corrected chi connectivity index (χ1v) is 11.4. The van der Waals surface area contributed by atoms with Crippen molar-refractivity contribution in [3.05, 3.63) is 81.3 Å². The molecule has 1 aromatic heterocycles. The Morgan fingerprint density at radius 3 is 2.80 bits per heavy atom. The lowest BCUT2D eigenvalue weighted by Gasteiger charge is -2.36. The maximum atomic E-state index is 12.1. The summed E-state index contributed by atoms with van der Waals surface area (Å²) in [5.41, 5.74) is 2.54. The van der Waals surface area contributed by atoms with Crippen LogP contribution >= 0.6 is 0 Å². The van der Waals surface area contributed by atoms with Crippen LogP contribution in [0.15, 0.2) is 59.9 Å². The zero-order valence-electron chi connectivity index (χ0n) is 20.7. The Balaban J connectivity index is 1.64. The minimum atomic E-state index is -1.09. The van der Waals surface area contributed by atoms with Gasteiger partial charge in [0.25, 0.3) is 5.70 Å². The van der Waals surface area contributed by atoms with Gasteiger partial charge in [-0.3, -0.25) is 15.4 Å². The molecule has 2 aromatic rings. The standard InChI is InChI=1S/C24H32N8O3/c1-25-24(11-13-30(2)3)21(32(33)34)14-19(22(29-24)35-5)28-23-26-12-10-18(27-23)17-15-31(4)20-9-7-6-8-16(17)20/h6-10,12,14,17,25,29H,11,13,15H2,1-5H3,(H,26,27,28). The number of hydrogen-bond donors (Lipinski definition) is 3. The van der Waals surface area contributed by atoms with Crippen LogP contribution in [0.1, 0.15) is 23.6 Å². The number of anilines is 2. The van der Waals surface area contributed by atoms with Crippen molar-refractivity contribution in [1.82, 2.24) is 25.5 Å². The van der Waals surface area contributed by atoms with E-state index in [2.05, 4.69) is 45.0 Å². The van der Waals surface area contributed by atoms with Crippen LogP contribution in [-0.4, -0.2) is 73.8 Å². The third-order valence-electron chi connectivity index (χ3n) is 6.51. The lowest BCUT2D eigenvalue weighted by Crippen LogP contribution is -2.61. The van der Waals surface area contributed by atoms with E-state index in [4.69, 9.17) is 9.72 Å². The summed E-state index contributed by atoms with van der Waals surface area (Å²) < 4.78 is 5.58. The van der Waals surface area contributed by atoms with Crippen LogP contribution in [0.3, 0.4) is 0 Å². The number of nitrogens with zero attached hydrogens (tertiary/aromatic N) is 5. The van der Waals surface area contributed by atoms with E-state index in [0.717, 1.165) is 12.2 Å². The molecule has 0 radical (unpaired) electrons. The predicted octanol–water partition coefficient (Wildman–Crippen LogP) is 1.92. The van der Waals surface area contributed by atoms with Gasteiger partial charge in [0.2, 0.25) is 11.8 Å². The molecule has 0 amide bonds. The molecule has 2 aliphatic heterocycles. The van der Waals surface area contributed by atoms with E-state index in [1.54, 1.807) is 13.2 Å². The SMILES string of the molecule is CNC1(CCN(C)C)NC(OC)=C(Nc2nccc(C3CN(C)c4ccccc43)n2)C=C1[N+](=O)[O-]. The number of methoxy groups -OCH3 is 1. The molecule has 0 saturated carbocycles. The summed E-state index contributed by atoms with van der Waals surface area (Å²) in [6, 6.07) is 10.2. The first-order chi connectivity index (χ1) is 16.8. The van der Waals surface area contributed by atoms with Crippen LogP contribution in [0.5, 0.6) is 0 Å². The largest absolute Gasteiger partial charge is 0.481 e. The minimum absolute atomic E-state index is 0.0207. The fourth-order valence-electron chi connectivity index (χ4n) is 4.61. The minimum Gasteiger partial charge on any atom is -0.481 e. The van der Waals surface area contributed by atoms with Gasteiger partial charge in [-0.1, -0.05) is 18.2 Å². The van der Waals surface area contributed by atoms with Gasteiger partial charge in [0.05, 0.1) is 17.7 Å². The molecule has 0 spiro atoms. The number of benzene rings is 1. The van der Waals surface area contributed by atoms with E-state index in [0.29, 0.717) is 30.5 Å². The number of dihydropyridines is 1. The summed E-state index contributed by atoms with van der Waals surface area (Å²) in [4.78, 5) is 25.0. The number of ether oxygens (including phenoxy) is 1. The zero-order valence-corrected chi connectivity index (χ0v) is 20.7. The monoisotopic (exact) mass is 480 g/mol. The van der Waals surface area contributed by atoms with Gasteiger partial charge >= 0.3 is 0 Å². The molecule has 1 aromatic carbocycles. The van der Waals surface area contributed by atoms with Crippen molar-refractivity contribution in [1.29, 1.82) is 0 Å². The molecular weight excluding hydrogens is 448 g/mol. The molecule has 2 aliphatic rings. The van der Waals surface area contributed by atoms with E-state index in [1.807, 2.05) is 37.2 Å². The quantitative estimate of drug-likeness (QED) is 0.363. The van der Waals surface area contributed by atoms with Gasteiger partial charge in [-0.15, -0.1) is 0 Å². The average molecular weight is 481 g/mol. The molecule has 2 atom stereocenters. The molecule has 35 heavy (non-hydrogen) atoms. The summed E-state index contributed by atoms with van der Waals surface area (Å²) in [6.07, 6.45) is 3.63. The smallest absolute Gasteiger partial charge is 0.288 e. The molecule has 0 saturated heterocycles. The Kier molecular flexibility index (Phi) is 6.90. The van der Waals surface area contributed by atoms with Crippen LogP contribution in [-0.2, 0) is 4.74 Å². The van der Waals surface area contributed by atoms with E-state index >= 15 is 0 Å². The van der Waals surface area contributed by atoms with E-state index in [-0.39, 0.29) is 16.5 Å². The Morgan fingerprint density at radius 2 is 2.11 bits per heavy atom. The summed E-state index contributed by atoms with van der Waals surface area (Å²) in [7, 11) is 9.12. The van der Waals surface area contributed by atoms with Crippen molar-refractivity contribution in [2.75, 3.05) is 58.6 Å². The lowest BCUT2D eigenvalue weighted by molar-refractivity contribution is -0.438. The molecule has 0 bridgehead atoms. The van der Waals surface area contributed by atoms with Gasteiger partial charge in [-0.25, -0.2) is 9.97 Å². The molecule has 4 rings (SSSR count). The Morgan fingerprint density at radius 1 is 1.34 bits per heavy atom. The topological polar surface area (TPSA) is 121 Å². The highest BCUT2D eigenvalue weighted by Gasteiger charge is 2.45. The first-order valence-electron chi connectivity index (χ1n) is 11.4. The van der Waals surface area contributed by atoms with Crippen LogP contribution in [0.25, 0.3) is 0 Å². The third kappa shape index (κ3) is 4.77. The number of likely N-dealkylation sites (N-methyl/N-ethyl adjacent to an activating group) is 2. The van der Waals surface area contributed by atoms with Gasteiger partial charge in [-0.2, -0.15) is 0 Å². The summed E-state index contributed by atoms with van der Waals surface area (Å²) >= 11 is 0. The highest BCUT2D eigenvalue weighted by molar-refractivity contribution is 5.62. The van der Waals surface area contributed by atoms with Gasteiger partial charge in [0.1, 0.15) is 5.70 Å². The number of allylic oxidation sites excluding steroid dienone is 1. The maximum absolute atomic E-state index is 12.1. The fraction of sp³-hybridized carbons (Fsp3) is 0.417. The first kappa shape index (κ1) is 24.4. The summed E-state index contributed by atoms with van der Waals surface area (Å²) in [5, 5.41) is 21.5. The van der Waals surface area contributed by atoms with Crippen molar-refractivity contribution < 1.29 is 9.66 Å². The van der Waals surface area contributed by atoms with Gasteiger partial charge in [0, 0.05) is 50.4 Å². The number of nitrogens with one attached hydrogen (secondary N) is 3. The van der Waals surface area contributed by atoms with E-state index < -0.39 is 5.66 Å². The molecule has 2 unspecified atom stereocenters. The van der Waals surface area contributed by atoms with E-state index in [1.165, 1.54) is 24.4 Å². The van der Waals surface area contributed by atoms with Crippen LogP contribution in [0.4, 0.5) is 11.6 Å². The van der Waals surface area contributed by atoms with Crippen molar-refractivity contribution >= 4 is 11.6 Å². The Hall–Kier alpha value is -3.70. The molecule has 11 heteroatoms. The Labute approximate surface area is 205 Å². The number of para-hydroxylation sites is 1. The second-order valence-corrected chi connectivity index (χ2v) is 8.99. The molecule has 0 aliphatic carbocycles. The van der Waals surface area contributed by atoms with Crippen molar-refractivity contribution in [3.8, 4) is 0 Å². The zero-order chi connectivity index (χ0) is 25.2. The summed E-state index contributed by atoms with van der Waals surface area (Å²) in [5.74, 6) is 0.807. The lowest BCUT2D eigenvalue weighted by atomic mass is 9.97. The van der Waals surface area contributed by atoms with Gasteiger partial charge < -0.3 is 25.2 Å². The molecule has 3 N–H and O–H groups in total. The number of hydrogen-bond acceptors (Lipinski definition) is 10. The van der Waals surface area contributed by atoms with Gasteiger partial charge in [-0.05, 0) is 38.8 Å². The van der Waals surface area contributed by atoms with Gasteiger partial charge in [0.15, 0.2) is 5.66 Å². The maximum Gasteiger partial charge on any atom is 0.288 e. The molecule has 11 nitrogen and oxygen atoms in total. The molecule has 0 fully saturated rings. The van der Waals surface area contributed by atoms with Crippen molar-refractivity contribution in [2.45, 2.75) is 18.0 Å².